The molecule has 114 valence electrons. The standard InChI is InChI=1S/C17H17NO4/c18-17(22,16(20)21)14(11-12-7-3-1-4-8-12)15(19)13-9-5-2-6-10-13/h1-10,14,22H,11,18H2,(H,20,21)/t14-,17-/m1/s1. The van der Waals surface area contributed by atoms with Gasteiger partial charge in [0, 0.05) is 5.56 Å². The lowest BCUT2D eigenvalue weighted by Gasteiger charge is -2.27. The Morgan fingerprint density at radius 2 is 1.50 bits per heavy atom. The maximum absolute atomic E-state index is 12.6. The number of benzene rings is 2. The predicted molar refractivity (Wildman–Crippen MR) is 81.2 cm³/mol. The summed E-state index contributed by atoms with van der Waals surface area (Å²) in [6.45, 7) is 0. The molecule has 0 amide bonds. The van der Waals surface area contributed by atoms with Crippen LogP contribution in [0.1, 0.15) is 15.9 Å². The molecular weight excluding hydrogens is 282 g/mol. The summed E-state index contributed by atoms with van der Waals surface area (Å²) in [5.74, 6) is -3.41. The highest BCUT2D eigenvalue weighted by molar-refractivity contribution is 6.01. The van der Waals surface area contributed by atoms with Crippen LogP contribution in [0.25, 0.3) is 0 Å². The monoisotopic (exact) mass is 299 g/mol. The number of Topliss-reactive ketones (excluding diaryl/α,β-unsaturated/α-hetero) is 1. The van der Waals surface area contributed by atoms with E-state index in [1.807, 2.05) is 6.07 Å². The molecule has 0 radical (unpaired) electrons. The third-order valence-electron chi connectivity index (χ3n) is 3.53. The van der Waals surface area contributed by atoms with Gasteiger partial charge < -0.3 is 10.2 Å². The zero-order valence-corrected chi connectivity index (χ0v) is 11.8. The van der Waals surface area contributed by atoms with Crippen molar-refractivity contribution in [3.8, 4) is 0 Å². The zero-order chi connectivity index (χ0) is 16.2. The van der Waals surface area contributed by atoms with Crippen molar-refractivity contribution >= 4 is 11.8 Å². The van der Waals surface area contributed by atoms with E-state index in [2.05, 4.69) is 0 Å². The number of carboxylic acids is 1. The number of hydrogen-bond acceptors (Lipinski definition) is 4. The Morgan fingerprint density at radius 1 is 1.00 bits per heavy atom. The summed E-state index contributed by atoms with van der Waals surface area (Å²) in [6.07, 6.45) is 0.0356. The zero-order valence-electron chi connectivity index (χ0n) is 11.8. The molecule has 0 unspecified atom stereocenters. The number of aliphatic hydroxyl groups is 1. The number of carboxylic acid groups (broad SMARTS) is 1. The number of carbonyl (C=O) groups excluding carboxylic acids is 1. The molecule has 0 bridgehead atoms. The van der Waals surface area contributed by atoms with Gasteiger partial charge in [0.1, 0.15) is 0 Å². The molecule has 0 aliphatic rings. The molecule has 2 aromatic carbocycles. The van der Waals surface area contributed by atoms with Gasteiger partial charge in [-0.15, -0.1) is 0 Å². The van der Waals surface area contributed by atoms with E-state index in [1.165, 1.54) is 0 Å². The van der Waals surface area contributed by atoms with Gasteiger partial charge in [0.2, 0.25) is 5.72 Å². The van der Waals surface area contributed by atoms with E-state index in [4.69, 9.17) is 10.8 Å². The third-order valence-corrected chi connectivity index (χ3v) is 3.53. The number of aliphatic carboxylic acids is 1. The number of hydrogen-bond donors (Lipinski definition) is 3. The van der Waals surface area contributed by atoms with E-state index in [1.54, 1.807) is 54.6 Å². The molecule has 2 rings (SSSR count). The van der Waals surface area contributed by atoms with E-state index in [-0.39, 0.29) is 6.42 Å². The molecule has 0 aromatic heterocycles. The molecule has 22 heavy (non-hydrogen) atoms. The van der Waals surface area contributed by atoms with Crippen LogP contribution in [0.5, 0.6) is 0 Å². The normalized spacial score (nSPS) is 14.8. The van der Waals surface area contributed by atoms with Gasteiger partial charge in [-0.2, -0.15) is 0 Å². The number of rotatable bonds is 6. The number of nitrogens with two attached hydrogens (primary N) is 1. The van der Waals surface area contributed by atoms with Gasteiger partial charge in [-0.25, -0.2) is 4.79 Å². The summed E-state index contributed by atoms with van der Waals surface area (Å²) in [6, 6.07) is 17.1. The molecular formula is C17H17NO4. The van der Waals surface area contributed by atoms with E-state index in [0.29, 0.717) is 5.56 Å². The quantitative estimate of drug-likeness (QED) is 0.554. The van der Waals surface area contributed by atoms with E-state index in [9.17, 15) is 14.7 Å². The van der Waals surface area contributed by atoms with Gasteiger partial charge in [-0.05, 0) is 12.0 Å². The van der Waals surface area contributed by atoms with Crippen molar-refractivity contribution in [2.45, 2.75) is 12.1 Å². The minimum Gasteiger partial charge on any atom is -0.478 e. The van der Waals surface area contributed by atoms with Crippen LogP contribution < -0.4 is 5.73 Å². The maximum atomic E-state index is 12.6. The highest BCUT2D eigenvalue weighted by atomic mass is 16.4. The van der Waals surface area contributed by atoms with Gasteiger partial charge in [-0.3, -0.25) is 10.5 Å². The SMILES string of the molecule is N[C@](O)(C(=O)O)[C@H](Cc1ccccc1)C(=O)c1ccccc1. The first-order valence-corrected chi connectivity index (χ1v) is 6.80. The molecule has 2 aromatic rings. The first kappa shape index (κ1) is 15.9. The van der Waals surface area contributed by atoms with Crippen LogP contribution in [0.2, 0.25) is 0 Å². The lowest BCUT2D eigenvalue weighted by Crippen LogP contribution is -2.57. The van der Waals surface area contributed by atoms with Crippen LogP contribution >= 0.6 is 0 Å². The van der Waals surface area contributed by atoms with Crippen molar-refractivity contribution in [2.24, 2.45) is 11.7 Å². The molecule has 0 saturated heterocycles. The Bertz CT molecular complexity index is 653. The van der Waals surface area contributed by atoms with E-state index >= 15 is 0 Å². The van der Waals surface area contributed by atoms with Gasteiger partial charge in [0.25, 0.3) is 0 Å². The van der Waals surface area contributed by atoms with Crippen LogP contribution in [0.3, 0.4) is 0 Å². The third kappa shape index (κ3) is 3.39. The van der Waals surface area contributed by atoms with Crippen LogP contribution in [0, 0.1) is 5.92 Å². The molecule has 4 N–H and O–H groups in total. The molecule has 0 aliphatic carbocycles. The van der Waals surface area contributed by atoms with Gasteiger partial charge in [-0.1, -0.05) is 60.7 Å². The summed E-state index contributed by atoms with van der Waals surface area (Å²) in [5.41, 5.74) is 3.93. The maximum Gasteiger partial charge on any atom is 0.351 e. The smallest absolute Gasteiger partial charge is 0.351 e. The molecule has 0 aliphatic heterocycles. The van der Waals surface area contributed by atoms with Crippen molar-refractivity contribution in [3.05, 3.63) is 71.8 Å². The van der Waals surface area contributed by atoms with Crippen molar-refractivity contribution in [1.29, 1.82) is 0 Å². The average molecular weight is 299 g/mol. The average Bonchev–Trinajstić information content (AvgIpc) is 2.53. The fourth-order valence-electron chi connectivity index (χ4n) is 2.25. The molecule has 0 fully saturated rings. The van der Waals surface area contributed by atoms with Crippen LogP contribution in [0.4, 0.5) is 0 Å². The second-order valence-corrected chi connectivity index (χ2v) is 5.10. The van der Waals surface area contributed by atoms with E-state index < -0.39 is 23.4 Å². The summed E-state index contributed by atoms with van der Waals surface area (Å²) < 4.78 is 0. The lowest BCUT2D eigenvalue weighted by molar-refractivity contribution is -0.162. The Hall–Kier alpha value is -2.50. The van der Waals surface area contributed by atoms with Gasteiger partial charge in [0.05, 0.1) is 5.92 Å². The van der Waals surface area contributed by atoms with Crippen molar-refractivity contribution < 1.29 is 19.8 Å². The molecule has 0 heterocycles. The van der Waals surface area contributed by atoms with Gasteiger partial charge in [0.15, 0.2) is 5.78 Å². The Kier molecular flexibility index (Phi) is 4.70. The summed E-state index contributed by atoms with van der Waals surface area (Å²) in [4.78, 5) is 23.9. The summed E-state index contributed by atoms with van der Waals surface area (Å²) in [7, 11) is 0. The van der Waals surface area contributed by atoms with Crippen LogP contribution in [0.15, 0.2) is 60.7 Å². The minimum absolute atomic E-state index is 0.0356. The first-order valence-electron chi connectivity index (χ1n) is 6.80. The first-order chi connectivity index (χ1) is 10.4. The predicted octanol–water partition coefficient (Wildman–Crippen LogP) is 1.46. The summed E-state index contributed by atoms with van der Waals surface area (Å²) >= 11 is 0. The highest BCUT2D eigenvalue weighted by Crippen LogP contribution is 2.23. The van der Waals surface area contributed by atoms with Crippen LogP contribution in [-0.4, -0.2) is 27.7 Å². The molecule has 0 saturated carbocycles. The Balaban J connectivity index is 2.38. The second-order valence-electron chi connectivity index (χ2n) is 5.10. The van der Waals surface area contributed by atoms with Crippen molar-refractivity contribution in [2.75, 3.05) is 0 Å². The largest absolute Gasteiger partial charge is 0.478 e. The number of carbonyl (C=O) groups is 2. The minimum atomic E-state index is -2.64. The van der Waals surface area contributed by atoms with Crippen molar-refractivity contribution in [1.82, 2.24) is 0 Å². The molecule has 5 heteroatoms. The molecule has 5 nitrogen and oxygen atoms in total. The Labute approximate surface area is 128 Å². The fraction of sp³-hybridized carbons (Fsp3) is 0.176. The van der Waals surface area contributed by atoms with Gasteiger partial charge >= 0.3 is 5.97 Å². The summed E-state index contributed by atoms with van der Waals surface area (Å²) in [5, 5.41) is 19.3. The van der Waals surface area contributed by atoms with Crippen molar-refractivity contribution in [3.63, 3.8) is 0 Å². The molecule has 2 atom stereocenters. The van der Waals surface area contributed by atoms with Crippen LogP contribution in [-0.2, 0) is 11.2 Å². The second kappa shape index (κ2) is 6.51. The number of ketones is 1. The van der Waals surface area contributed by atoms with E-state index in [0.717, 1.165) is 5.56 Å². The Morgan fingerprint density at radius 3 is 2.00 bits per heavy atom. The lowest BCUT2D eigenvalue weighted by atomic mass is 9.83. The fourth-order valence-corrected chi connectivity index (χ4v) is 2.25. The molecule has 0 spiro atoms. The highest BCUT2D eigenvalue weighted by Gasteiger charge is 2.44. The topological polar surface area (TPSA) is 101 Å².